The Kier molecular flexibility index (Phi) is 3.76. The molecule has 1 rings (SSSR count). The van der Waals surface area contributed by atoms with Crippen LogP contribution in [0.5, 0.6) is 0 Å². The summed E-state index contributed by atoms with van der Waals surface area (Å²) in [5.74, 6) is 1.90. The maximum Gasteiger partial charge on any atom is 0.293 e. The highest BCUT2D eigenvalue weighted by Gasteiger charge is 2.31. The van der Waals surface area contributed by atoms with Gasteiger partial charge >= 0.3 is 0 Å². The van der Waals surface area contributed by atoms with Gasteiger partial charge in [0.1, 0.15) is 6.10 Å². The van der Waals surface area contributed by atoms with Crippen LogP contribution in [0, 0.1) is 17.8 Å². The van der Waals surface area contributed by atoms with E-state index >= 15 is 0 Å². The van der Waals surface area contributed by atoms with Crippen LogP contribution in [-0.2, 0) is 9.53 Å². The van der Waals surface area contributed by atoms with Gasteiger partial charge in [0.15, 0.2) is 0 Å². The summed E-state index contributed by atoms with van der Waals surface area (Å²) in [6, 6.07) is 0. The fraction of sp³-hybridized carbons (Fsp3) is 0.909. The van der Waals surface area contributed by atoms with Crippen molar-refractivity contribution in [2.45, 2.75) is 46.1 Å². The lowest BCUT2D eigenvalue weighted by atomic mass is 9.75. The van der Waals surface area contributed by atoms with Gasteiger partial charge in [-0.1, -0.05) is 27.2 Å². The molecule has 76 valence electrons. The number of rotatable bonds is 3. The molecule has 0 aromatic carbocycles. The predicted octanol–water partition coefficient (Wildman–Crippen LogP) is 2.62. The quantitative estimate of drug-likeness (QED) is 0.630. The van der Waals surface area contributed by atoms with Crippen molar-refractivity contribution in [3.05, 3.63) is 0 Å². The highest BCUT2D eigenvalue weighted by atomic mass is 16.5. The topological polar surface area (TPSA) is 26.3 Å². The van der Waals surface area contributed by atoms with Crippen LogP contribution >= 0.6 is 0 Å². The van der Waals surface area contributed by atoms with E-state index in [2.05, 4.69) is 20.8 Å². The van der Waals surface area contributed by atoms with Gasteiger partial charge in [-0.2, -0.15) is 0 Å². The first-order chi connectivity index (χ1) is 6.15. The monoisotopic (exact) mass is 184 g/mol. The third-order valence-electron chi connectivity index (χ3n) is 3.19. The molecule has 2 nitrogen and oxygen atoms in total. The smallest absolute Gasteiger partial charge is 0.293 e. The molecule has 0 aromatic rings. The van der Waals surface area contributed by atoms with Crippen molar-refractivity contribution in [3.63, 3.8) is 0 Å². The first-order valence-electron chi connectivity index (χ1n) is 5.24. The fourth-order valence-corrected chi connectivity index (χ4v) is 2.34. The number of carbonyl (C=O) groups is 1. The molecule has 0 N–H and O–H groups in total. The zero-order chi connectivity index (χ0) is 9.84. The van der Waals surface area contributed by atoms with Crippen LogP contribution in [0.3, 0.4) is 0 Å². The number of hydrogen-bond donors (Lipinski definition) is 0. The van der Waals surface area contributed by atoms with E-state index in [1.54, 1.807) is 0 Å². The summed E-state index contributed by atoms with van der Waals surface area (Å²) in [4.78, 5) is 10.3. The lowest BCUT2D eigenvalue weighted by molar-refractivity contribution is -0.140. The normalized spacial score (nSPS) is 34.6. The summed E-state index contributed by atoms with van der Waals surface area (Å²) < 4.78 is 5.15. The number of carbonyl (C=O) groups excluding carboxylic acids is 1. The van der Waals surface area contributed by atoms with Gasteiger partial charge < -0.3 is 4.74 Å². The van der Waals surface area contributed by atoms with Crippen molar-refractivity contribution < 1.29 is 9.53 Å². The summed E-state index contributed by atoms with van der Waals surface area (Å²) >= 11 is 0. The van der Waals surface area contributed by atoms with Gasteiger partial charge in [0.2, 0.25) is 0 Å². The summed E-state index contributed by atoms with van der Waals surface area (Å²) in [5.41, 5.74) is 0. The Hall–Kier alpha value is -0.530. The molecular formula is C11H20O2. The van der Waals surface area contributed by atoms with Gasteiger partial charge in [-0.05, 0) is 30.6 Å². The molecule has 0 amide bonds. The minimum absolute atomic E-state index is 0.168. The minimum atomic E-state index is 0.168. The Balaban J connectivity index is 2.54. The van der Waals surface area contributed by atoms with Gasteiger partial charge in [-0.3, -0.25) is 4.79 Å². The van der Waals surface area contributed by atoms with Gasteiger partial charge in [-0.15, -0.1) is 0 Å². The zero-order valence-corrected chi connectivity index (χ0v) is 8.82. The van der Waals surface area contributed by atoms with E-state index in [9.17, 15) is 4.79 Å². The lowest BCUT2D eigenvalue weighted by Gasteiger charge is -2.35. The summed E-state index contributed by atoms with van der Waals surface area (Å²) in [6.07, 6.45) is 3.70. The van der Waals surface area contributed by atoms with Crippen molar-refractivity contribution in [3.8, 4) is 0 Å². The standard InChI is InChI=1S/C11H20O2/c1-8(2)10-5-4-9(3)6-11(10)13-7-12/h7-11H,4-6H2,1-3H3/t9-,10+,11+/m1/s1. The second-order valence-corrected chi connectivity index (χ2v) is 4.60. The van der Waals surface area contributed by atoms with Crippen LogP contribution in [0.4, 0.5) is 0 Å². The molecule has 0 bridgehead atoms. The maximum atomic E-state index is 10.3. The van der Waals surface area contributed by atoms with Crippen LogP contribution in [-0.4, -0.2) is 12.6 Å². The van der Waals surface area contributed by atoms with Gasteiger partial charge in [0.25, 0.3) is 6.47 Å². The summed E-state index contributed by atoms with van der Waals surface area (Å²) in [5, 5.41) is 0. The Labute approximate surface area is 80.7 Å². The van der Waals surface area contributed by atoms with Gasteiger partial charge in [0.05, 0.1) is 0 Å². The molecule has 2 heteroatoms. The van der Waals surface area contributed by atoms with Crippen molar-refractivity contribution in [2.24, 2.45) is 17.8 Å². The summed E-state index contributed by atoms with van der Waals surface area (Å²) in [7, 11) is 0. The molecule has 0 unspecified atom stereocenters. The van der Waals surface area contributed by atoms with Crippen molar-refractivity contribution >= 4 is 6.47 Å². The zero-order valence-electron chi connectivity index (χ0n) is 8.82. The molecule has 0 radical (unpaired) electrons. The largest absolute Gasteiger partial charge is 0.464 e. The third-order valence-corrected chi connectivity index (χ3v) is 3.19. The molecule has 1 aliphatic rings. The van der Waals surface area contributed by atoms with Crippen LogP contribution in [0.25, 0.3) is 0 Å². The highest BCUT2D eigenvalue weighted by molar-refractivity contribution is 5.37. The van der Waals surface area contributed by atoms with Gasteiger partial charge in [0, 0.05) is 0 Å². The summed E-state index contributed by atoms with van der Waals surface area (Å²) in [6.45, 7) is 7.26. The van der Waals surface area contributed by atoms with Crippen LogP contribution in [0.2, 0.25) is 0 Å². The van der Waals surface area contributed by atoms with E-state index in [0.29, 0.717) is 24.2 Å². The molecule has 3 atom stereocenters. The molecule has 0 spiro atoms. The maximum absolute atomic E-state index is 10.3. The number of ether oxygens (including phenoxy) is 1. The molecule has 13 heavy (non-hydrogen) atoms. The highest BCUT2D eigenvalue weighted by Crippen LogP contribution is 2.34. The first kappa shape index (κ1) is 10.6. The third kappa shape index (κ3) is 2.71. The molecular weight excluding hydrogens is 164 g/mol. The Morgan fingerprint density at radius 2 is 2.08 bits per heavy atom. The Morgan fingerprint density at radius 3 is 2.62 bits per heavy atom. The predicted molar refractivity (Wildman–Crippen MR) is 52.3 cm³/mol. The minimum Gasteiger partial charge on any atom is -0.464 e. The molecule has 0 aliphatic heterocycles. The van der Waals surface area contributed by atoms with E-state index in [1.165, 1.54) is 12.8 Å². The number of hydrogen-bond acceptors (Lipinski definition) is 2. The van der Waals surface area contributed by atoms with Crippen molar-refractivity contribution in [2.75, 3.05) is 0 Å². The fourth-order valence-electron chi connectivity index (χ4n) is 2.34. The molecule has 1 saturated carbocycles. The van der Waals surface area contributed by atoms with E-state index in [0.717, 1.165) is 6.42 Å². The van der Waals surface area contributed by atoms with E-state index < -0.39 is 0 Å². The van der Waals surface area contributed by atoms with E-state index in [1.807, 2.05) is 0 Å². The average Bonchev–Trinajstić information content (AvgIpc) is 2.04. The molecule has 0 saturated heterocycles. The second-order valence-electron chi connectivity index (χ2n) is 4.60. The average molecular weight is 184 g/mol. The Bertz CT molecular complexity index is 165. The van der Waals surface area contributed by atoms with Crippen LogP contribution in [0.15, 0.2) is 0 Å². The molecule has 0 heterocycles. The molecule has 0 aromatic heterocycles. The van der Waals surface area contributed by atoms with Crippen LogP contribution < -0.4 is 0 Å². The van der Waals surface area contributed by atoms with Gasteiger partial charge in [-0.25, -0.2) is 0 Å². The molecule has 1 aliphatic carbocycles. The second kappa shape index (κ2) is 4.64. The first-order valence-corrected chi connectivity index (χ1v) is 5.24. The molecule has 1 fully saturated rings. The van der Waals surface area contributed by atoms with E-state index in [-0.39, 0.29) is 6.10 Å². The van der Waals surface area contributed by atoms with Crippen molar-refractivity contribution in [1.82, 2.24) is 0 Å². The Morgan fingerprint density at radius 1 is 1.38 bits per heavy atom. The van der Waals surface area contributed by atoms with Crippen LogP contribution in [0.1, 0.15) is 40.0 Å². The SMILES string of the molecule is CC(C)[C@@H]1CC[C@@H](C)C[C@@H]1OC=O. The van der Waals surface area contributed by atoms with Crippen molar-refractivity contribution in [1.29, 1.82) is 0 Å². The van der Waals surface area contributed by atoms with E-state index in [4.69, 9.17) is 4.74 Å². The lowest BCUT2D eigenvalue weighted by Crippen LogP contribution is -2.33.